The van der Waals surface area contributed by atoms with Crippen molar-refractivity contribution in [2.75, 3.05) is 19.5 Å². The second kappa shape index (κ2) is 11.5. The maximum Gasteiger partial charge on any atom is 0.295 e. The summed E-state index contributed by atoms with van der Waals surface area (Å²) in [5.74, 6) is 0.555. The minimum Gasteiger partial charge on any atom is -0.496 e. The molecule has 0 aliphatic heterocycles. The predicted octanol–water partition coefficient (Wildman–Crippen LogP) is 5.68. The van der Waals surface area contributed by atoms with E-state index in [-0.39, 0.29) is 28.7 Å². The van der Waals surface area contributed by atoms with Gasteiger partial charge < -0.3 is 14.8 Å². The van der Waals surface area contributed by atoms with Gasteiger partial charge in [0.05, 0.1) is 30.2 Å². The van der Waals surface area contributed by atoms with Gasteiger partial charge in [-0.25, -0.2) is 4.98 Å². The summed E-state index contributed by atoms with van der Waals surface area (Å²) >= 11 is 0. The van der Waals surface area contributed by atoms with Gasteiger partial charge in [0.2, 0.25) is 0 Å². The van der Waals surface area contributed by atoms with E-state index >= 15 is 0 Å². The fourth-order valence-electron chi connectivity index (χ4n) is 5.21. The van der Waals surface area contributed by atoms with Crippen LogP contribution in [0.1, 0.15) is 27.2 Å². The number of fused-ring (bicyclic) bond motifs is 2. The first kappa shape index (κ1) is 30.9. The Morgan fingerprint density at radius 1 is 0.841 bits per heavy atom. The number of Topliss-reactive ketones (excluding diaryl/α,β-unsaturated/α-hetero) is 1. The zero-order valence-electron chi connectivity index (χ0n) is 24.1. The summed E-state index contributed by atoms with van der Waals surface area (Å²) in [6, 6.07) is 16.9. The van der Waals surface area contributed by atoms with Crippen molar-refractivity contribution in [3.8, 4) is 11.5 Å². The Morgan fingerprint density at radius 2 is 1.57 bits per heavy atom. The van der Waals surface area contributed by atoms with E-state index in [9.17, 15) is 30.7 Å². The number of anilines is 2. The van der Waals surface area contributed by atoms with Crippen LogP contribution >= 0.6 is 0 Å². The molecule has 11 nitrogen and oxygen atoms in total. The summed E-state index contributed by atoms with van der Waals surface area (Å²) in [5.41, 5.74) is 3.55. The number of pyridine rings is 1. The molecule has 5 aromatic rings. The molecule has 0 aliphatic rings. The van der Waals surface area contributed by atoms with Crippen LogP contribution in [0.5, 0.6) is 11.5 Å². The van der Waals surface area contributed by atoms with Crippen LogP contribution in [0, 0.1) is 13.8 Å². The number of ketones is 1. The zero-order valence-corrected chi connectivity index (χ0v) is 25.7. The second-order valence-corrected chi connectivity index (χ2v) is 13.0. The molecular weight excluding hydrogens is 608 g/mol. The van der Waals surface area contributed by atoms with E-state index < -0.39 is 30.0 Å². The molecular formula is C31H28N2O9S2. The first-order chi connectivity index (χ1) is 20.7. The van der Waals surface area contributed by atoms with Gasteiger partial charge in [-0.15, -0.1) is 0 Å². The van der Waals surface area contributed by atoms with E-state index in [0.29, 0.717) is 51.0 Å². The van der Waals surface area contributed by atoms with Crippen LogP contribution in [0.25, 0.3) is 21.7 Å². The molecule has 0 spiro atoms. The highest BCUT2D eigenvalue weighted by Gasteiger charge is 2.25. The molecule has 0 amide bonds. The summed E-state index contributed by atoms with van der Waals surface area (Å²) in [6.45, 7) is 3.64. The molecule has 0 fully saturated rings. The third-order valence-corrected chi connectivity index (χ3v) is 8.79. The number of benzene rings is 4. The lowest BCUT2D eigenvalue weighted by Gasteiger charge is -2.20. The molecule has 1 heterocycles. The first-order valence-electron chi connectivity index (χ1n) is 13.1. The average molecular weight is 637 g/mol. The number of hydrogen-bond donors (Lipinski definition) is 3. The molecule has 0 bridgehead atoms. The van der Waals surface area contributed by atoms with Gasteiger partial charge in [-0.05, 0) is 55.6 Å². The maximum absolute atomic E-state index is 13.3. The minimum atomic E-state index is -4.96. The van der Waals surface area contributed by atoms with Crippen molar-refractivity contribution in [1.29, 1.82) is 0 Å². The van der Waals surface area contributed by atoms with Crippen molar-refractivity contribution in [2.45, 2.75) is 30.1 Å². The number of aromatic nitrogens is 1. The van der Waals surface area contributed by atoms with Crippen molar-refractivity contribution in [3.05, 3.63) is 89.1 Å². The number of ether oxygens (including phenoxy) is 2. The van der Waals surface area contributed by atoms with Gasteiger partial charge in [0.25, 0.3) is 20.2 Å². The second-order valence-electron chi connectivity index (χ2n) is 10.2. The van der Waals surface area contributed by atoms with Crippen LogP contribution in [0.4, 0.5) is 11.4 Å². The van der Waals surface area contributed by atoms with Crippen molar-refractivity contribution in [3.63, 3.8) is 0 Å². The number of methoxy groups -OCH3 is 2. The van der Waals surface area contributed by atoms with Gasteiger partial charge in [-0.1, -0.05) is 35.9 Å². The van der Waals surface area contributed by atoms with Crippen molar-refractivity contribution < 1.29 is 40.2 Å². The quantitative estimate of drug-likeness (QED) is 0.134. The third kappa shape index (κ3) is 5.95. The Kier molecular flexibility index (Phi) is 8.07. The molecule has 1 aromatic heterocycles. The molecule has 0 saturated heterocycles. The molecule has 3 N–H and O–H groups in total. The fraction of sp³-hybridized carbons (Fsp3) is 0.161. The van der Waals surface area contributed by atoms with Crippen LogP contribution < -0.4 is 14.8 Å². The van der Waals surface area contributed by atoms with Gasteiger partial charge >= 0.3 is 0 Å². The number of aryl methyl sites for hydroxylation is 2. The normalized spacial score (nSPS) is 12.0. The Labute approximate surface area is 254 Å². The molecule has 0 atom stereocenters. The van der Waals surface area contributed by atoms with Crippen LogP contribution in [0.3, 0.4) is 0 Å². The van der Waals surface area contributed by atoms with Gasteiger partial charge in [0.15, 0.2) is 5.78 Å². The van der Waals surface area contributed by atoms with E-state index in [1.807, 2.05) is 13.0 Å². The topological polar surface area (TPSA) is 169 Å². The highest BCUT2D eigenvalue weighted by Crippen LogP contribution is 2.43. The molecule has 0 saturated carbocycles. The Morgan fingerprint density at radius 3 is 2.20 bits per heavy atom. The monoisotopic (exact) mass is 636 g/mol. The molecule has 0 radical (unpaired) electrons. The van der Waals surface area contributed by atoms with Crippen molar-refractivity contribution in [1.82, 2.24) is 4.98 Å². The molecule has 44 heavy (non-hydrogen) atoms. The molecule has 0 aliphatic carbocycles. The number of carbonyl (C=O) groups excluding carboxylic acids is 1. The number of rotatable bonds is 9. The summed E-state index contributed by atoms with van der Waals surface area (Å²) in [4.78, 5) is 16.5. The standard InChI is InChI=1S/C31H28N2O9S2/c1-17-7-5-8-19(11-17)25(34)14-21-15-26(41-3)30-29(31(21)42-4)24(12-18(2)32-30)33-23-10-6-9-20-13-22(43(35,36)37)16-27(28(20)23)44(38,39)40/h5-13,15-16H,14H2,1-4H3,(H,32,33)(H,35,36,37)(H,38,39,40). The number of hydrogen-bond acceptors (Lipinski definition) is 9. The van der Waals surface area contributed by atoms with Gasteiger partial charge in [0, 0.05) is 34.3 Å². The van der Waals surface area contributed by atoms with E-state index in [2.05, 4.69) is 10.3 Å². The van der Waals surface area contributed by atoms with Crippen LogP contribution in [-0.2, 0) is 26.7 Å². The maximum atomic E-state index is 13.3. The predicted molar refractivity (Wildman–Crippen MR) is 166 cm³/mol. The highest BCUT2D eigenvalue weighted by atomic mass is 32.2. The first-order valence-corrected chi connectivity index (χ1v) is 16.0. The molecule has 0 unspecified atom stereocenters. The summed E-state index contributed by atoms with van der Waals surface area (Å²) in [7, 11) is -6.83. The van der Waals surface area contributed by atoms with E-state index in [0.717, 1.165) is 11.6 Å². The van der Waals surface area contributed by atoms with Crippen LogP contribution in [0.2, 0.25) is 0 Å². The minimum absolute atomic E-state index is 0.0220. The lowest BCUT2D eigenvalue weighted by Crippen LogP contribution is -2.08. The summed E-state index contributed by atoms with van der Waals surface area (Å²) in [6.07, 6.45) is -0.0220. The summed E-state index contributed by atoms with van der Waals surface area (Å²) in [5, 5.41) is 3.72. The van der Waals surface area contributed by atoms with E-state index in [4.69, 9.17) is 9.47 Å². The number of carbonyl (C=O) groups is 1. The van der Waals surface area contributed by atoms with Crippen LogP contribution in [-0.4, -0.2) is 50.9 Å². The number of nitrogens with one attached hydrogen (secondary N) is 1. The summed E-state index contributed by atoms with van der Waals surface area (Å²) < 4.78 is 79.8. The Bertz CT molecular complexity index is 2200. The smallest absolute Gasteiger partial charge is 0.295 e. The molecule has 4 aromatic carbocycles. The van der Waals surface area contributed by atoms with Gasteiger partial charge in [-0.2, -0.15) is 16.8 Å². The molecule has 228 valence electrons. The Balaban J connectivity index is 1.75. The SMILES string of the molecule is COc1cc(CC(=O)c2cccc(C)c2)c(OC)c2c(Nc3cccc4cc(S(=O)(=O)O)cc(S(=O)(=O)O)c34)cc(C)nc12. The van der Waals surface area contributed by atoms with E-state index in [1.54, 1.807) is 49.4 Å². The highest BCUT2D eigenvalue weighted by molar-refractivity contribution is 7.86. The van der Waals surface area contributed by atoms with Gasteiger partial charge in [-0.3, -0.25) is 13.9 Å². The molecule has 5 rings (SSSR count). The van der Waals surface area contributed by atoms with Crippen molar-refractivity contribution in [2.24, 2.45) is 0 Å². The largest absolute Gasteiger partial charge is 0.496 e. The van der Waals surface area contributed by atoms with Crippen LogP contribution in [0.15, 0.2) is 76.5 Å². The molecule has 13 heteroatoms. The van der Waals surface area contributed by atoms with E-state index in [1.165, 1.54) is 20.3 Å². The average Bonchev–Trinajstić information content (AvgIpc) is 2.95. The lowest BCUT2D eigenvalue weighted by atomic mass is 9.97. The number of nitrogens with zero attached hydrogens (tertiary/aromatic N) is 1. The zero-order chi connectivity index (χ0) is 32.0. The third-order valence-electron chi connectivity index (χ3n) is 7.08. The van der Waals surface area contributed by atoms with Crippen molar-refractivity contribution >= 4 is 59.1 Å². The van der Waals surface area contributed by atoms with Gasteiger partial charge in [0.1, 0.15) is 21.9 Å². The lowest BCUT2D eigenvalue weighted by molar-refractivity contribution is 0.0992. The fourth-order valence-corrected chi connectivity index (χ4v) is 6.59. The Hall–Kier alpha value is -4.56.